The molecular weight excluding hydrogens is 202 g/mol. The fourth-order valence-corrected chi connectivity index (χ4v) is 1.75. The second kappa shape index (κ2) is 4.04. The fourth-order valence-electron chi connectivity index (χ4n) is 1.75. The number of carbonyl (C=O) groups excluding carboxylic acids is 1. The van der Waals surface area contributed by atoms with E-state index in [1.807, 2.05) is 7.05 Å². The summed E-state index contributed by atoms with van der Waals surface area (Å²) in [6.45, 7) is 0.822. The molecule has 1 amide bonds. The first kappa shape index (κ1) is 10.8. The van der Waals surface area contributed by atoms with Gasteiger partial charge >= 0.3 is 0 Å². The van der Waals surface area contributed by atoms with Crippen molar-refractivity contribution in [2.45, 2.75) is 12.8 Å². The van der Waals surface area contributed by atoms with E-state index in [0.717, 1.165) is 6.54 Å². The summed E-state index contributed by atoms with van der Waals surface area (Å²) in [6.07, 6.45) is 2.46. The lowest BCUT2D eigenvalue weighted by Crippen LogP contribution is -2.29. The number of nitrogen functional groups attached to an aromatic ring is 2. The van der Waals surface area contributed by atoms with Crippen LogP contribution in [-0.2, 0) is 0 Å². The summed E-state index contributed by atoms with van der Waals surface area (Å²) in [5, 5.41) is 0. The molecule has 0 heterocycles. The Hall–Kier alpha value is -1.71. The quantitative estimate of drug-likeness (QED) is 0.753. The van der Waals surface area contributed by atoms with Crippen molar-refractivity contribution >= 4 is 17.3 Å². The molecule has 1 aliphatic rings. The molecule has 0 unspecified atom stereocenters. The van der Waals surface area contributed by atoms with Gasteiger partial charge in [-0.05, 0) is 37.0 Å². The SMILES string of the molecule is CN(CC1CC1)C(=O)c1ccc(N)cc1N. The lowest BCUT2D eigenvalue weighted by Gasteiger charge is -2.17. The molecule has 0 aromatic heterocycles. The standard InChI is InChI=1S/C12H17N3O/c1-15(7-8-2-3-8)12(16)10-5-4-9(13)6-11(10)14/h4-6,8H,2-3,7,13-14H2,1H3. The molecule has 0 saturated heterocycles. The second-order valence-corrected chi connectivity index (χ2v) is 4.48. The van der Waals surface area contributed by atoms with Crippen LogP contribution in [0.25, 0.3) is 0 Å². The summed E-state index contributed by atoms with van der Waals surface area (Å²) in [4.78, 5) is 13.8. The molecule has 4 N–H and O–H groups in total. The number of anilines is 2. The maximum atomic E-state index is 12.0. The summed E-state index contributed by atoms with van der Waals surface area (Å²) < 4.78 is 0. The van der Waals surface area contributed by atoms with E-state index in [1.54, 1.807) is 23.1 Å². The normalized spacial score (nSPS) is 14.8. The summed E-state index contributed by atoms with van der Waals surface area (Å²) in [6, 6.07) is 5.02. The van der Waals surface area contributed by atoms with Gasteiger partial charge in [-0.1, -0.05) is 0 Å². The molecule has 0 radical (unpaired) electrons. The van der Waals surface area contributed by atoms with E-state index in [4.69, 9.17) is 11.5 Å². The molecule has 0 aliphatic heterocycles. The van der Waals surface area contributed by atoms with Crippen molar-refractivity contribution in [2.75, 3.05) is 25.1 Å². The van der Waals surface area contributed by atoms with Crippen LogP contribution in [0, 0.1) is 5.92 Å². The molecule has 86 valence electrons. The molecule has 0 bridgehead atoms. The predicted octanol–water partition coefficient (Wildman–Crippen LogP) is 1.33. The maximum Gasteiger partial charge on any atom is 0.255 e. The Labute approximate surface area is 95.2 Å². The zero-order valence-corrected chi connectivity index (χ0v) is 9.44. The largest absolute Gasteiger partial charge is 0.399 e. The molecule has 1 aromatic carbocycles. The number of nitrogens with zero attached hydrogens (tertiary/aromatic N) is 1. The Morgan fingerprint density at radius 3 is 2.69 bits per heavy atom. The van der Waals surface area contributed by atoms with Crippen molar-refractivity contribution in [3.63, 3.8) is 0 Å². The van der Waals surface area contributed by atoms with Crippen LogP contribution < -0.4 is 11.5 Å². The van der Waals surface area contributed by atoms with Crippen molar-refractivity contribution in [1.82, 2.24) is 4.90 Å². The molecule has 1 saturated carbocycles. The van der Waals surface area contributed by atoms with Crippen LogP contribution in [0.5, 0.6) is 0 Å². The topological polar surface area (TPSA) is 72.3 Å². The van der Waals surface area contributed by atoms with Crippen LogP contribution in [0.3, 0.4) is 0 Å². The van der Waals surface area contributed by atoms with Crippen LogP contribution in [0.1, 0.15) is 23.2 Å². The van der Waals surface area contributed by atoms with E-state index in [-0.39, 0.29) is 5.91 Å². The van der Waals surface area contributed by atoms with Gasteiger partial charge in [0.25, 0.3) is 5.91 Å². The zero-order chi connectivity index (χ0) is 11.7. The highest BCUT2D eigenvalue weighted by molar-refractivity contribution is 5.99. The number of hydrogen-bond donors (Lipinski definition) is 2. The van der Waals surface area contributed by atoms with Crippen LogP contribution in [-0.4, -0.2) is 24.4 Å². The van der Waals surface area contributed by atoms with Crippen LogP contribution >= 0.6 is 0 Å². The first-order chi connectivity index (χ1) is 7.58. The van der Waals surface area contributed by atoms with Gasteiger partial charge in [-0.25, -0.2) is 0 Å². The Bertz CT molecular complexity index is 413. The van der Waals surface area contributed by atoms with Crippen molar-refractivity contribution in [2.24, 2.45) is 5.92 Å². The number of nitrogens with two attached hydrogens (primary N) is 2. The minimum atomic E-state index is -0.0237. The Kier molecular flexibility index (Phi) is 2.73. The molecule has 1 aliphatic carbocycles. The molecule has 4 nitrogen and oxygen atoms in total. The lowest BCUT2D eigenvalue weighted by molar-refractivity contribution is 0.0790. The summed E-state index contributed by atoms with van der Waals surface area (Å²) >= 11 is 0. The predicted molar refractivity (Wildman–Crippen MR) is 65.0 cm³/mol. The van der Waals surface area contributed by atoms with Crippen molar-refractivity contribution < 1.29 is 4.79 Å². The van der Waals surface area contributed by atoms with Gasteiger partial charge in [0, 0.05) is 25.0 Å². The number of hydrogen-bond acceptors (Lipinski definition) is 3. The Balaban J connectivity index is 2.12. The van der Waals surface area contributed by atoms with E-state index in [1.165, 1.54) is 12.8 Å². The van der Waals surface area contributed by atoms with Crippen LogP contribution in [0.2, 0.25) is 0 Å². The van der Waals surface area contributed by atoms with Crippen molar-refractivity contribution in [3.8, 4) is 0 Å². The van der Waals surface area contributed by atoms with Gasteiger partial charge in [0.05, 0.1) is 5.56 Å². The van der Waals surface area contributed by atoms with Crippen molar-refractivity contribution in [1.29, 1.82) is 0 Å². The smallest absolute Gasteiger partial charge is 0.255 e. The highest BCUT2D eigenvalue weighted by Gasteiger charge is 2.25. The number of carbonyl (C=O) groups is 1. The fraction of sp³-hybridized carbons (Fsp3) is 0.417. The van der Waals surface area contributed by atoms with E-state index in [2.05, 4.69) is 0 Å². The highest BCUT2D eigenvalue weighted by Crippen LogP contribution is 2.30. The van der Waals surface area contributed by atoms with Gasteiger partial charge in [0.1, 0.15) is 0 Å². The highest BCUT2D eigenvalue weighted by atomic mass is 16.2. The van der Waals surface area contributed by atoms with Gasteiger partial charge in [-0.15, -0.1) is 0 Å². The summed E-state index contributed by atoms with van der Waals surface area (Å²) in [5.41, 5.74) is 12.9. The van der Waals surface area contributed by atoms with Crippen LogP contribution in [0.15, 0.2) is 18.2 Å². The third-order valence-electron chi connectivity index (χ3n) is 2.88. The molecule has 2 rings (SSSR count). The monoisotopic (exact) mass is 219 g/mol. The molecule has 1 fully saturated rings. The van der Waals surface area contributed by atoms with Gasteiger partial charge in [0.2, 0.25) is 0 Å². The van der Waals surface area contributed by atoms with Gasteiger partial charge in [-0.2, -0.15) is 0 Å². The Morgan fingerprint density at radius 1 is 1.44 bits per heavy atom. The minimum absolute atomic E-state index is 0.0237. The van der Waals surface area contributed by atoms with E-state index < -0.39 is 0 Å². The van der Waals surface area contributed by atoms with Gasteiger partial charge < -0.3 is 16.4 Å². The zero-order valence-electron chi connectivity index (χ0n) is 9.44. The number of amides is 1. The van der Waals surface area contributed by atoms with E-state index >= 15 is 0 Å². The first-order valence-electron chi connectivity index (χ1n) is 5.48. The number of benzene rings is 1. The first-order valence-corrected chi connectivity index (χ1v) is 5.48. The van der Waals surface area contributed by atoms with Crippen LogP contribution in [0.4, 0.5) is 11.4 Å². The minimum Gasteiger partial charge on any atom is -0.399 e. The molecule has 1 aromatic rings. The van der Waals surface area contributed by atoms with E-state index in [9.17, 15) is 4.79 Å². The molecular formula is C12H17N3O. The third-order valence-corrected chi connectivity index (χ3v) is 2.88. The molecule has 0 spiro atoms. The van der Waals surface area contributed by atoms with Gasteiger partial charge in [0.15, 0.2) is 0 Å². The second-order valence-electron chi connectivity index (χ2n) is 4.48. The average Bonchev–Trinajstić information content (AvgIpc) is 3.00. The number of rotatable bonds is 3. The van der Waals surface area contributed by atoms with E-state index in [0.29, 0.717) is 22.9 Å². The molecule has 0 atom stereocenters. The molecule has 16 heavy (non-hydrogen) atoms. The van der Waals surface area contributed by atoms with Gasteiger partial charge in [-0.3, -0.25) is 4.79 Å². The average molecular weight is 219 g/mol. The summed E-state index contributed by atoms with van der Waals surface area (Å²) in [5.74, 6) is 0.661. The Morgan fingerprint density at radius 2 is 2.12 bits per heavy atom. The lowest BCUT2D eigenvalue weighted by atomic mass is 10.1. The third kappa shape index (κ3) is 2.27. The molecule has 4 heteroatoms. The van der Waals surface area contributed by atoms with Crippen molar-refractivity contribution in [3.05, 3.63) is 23.8 Å². The summed E-state index contributed by atoms with van der Waals surface area (Å²) in [7, 11) is 1.82. The maximum absolute atomic E-state index is 12.0.